The molecule has 2 N–H and O–H groups in total. The van der Waals surface area contributed by atoms with Crippen molar-refractivity contribution in [3.63, 3.8) is 0 Å². The van der Waals surface area contributed by atoms with Crippen LogP contribution in [0.4, 0.5) is 11.6 Å². The Morgan fingerprint density at radius 3 is 2.90 bits per heavy atom. The molecular formula is C14H15BrN4O. The SMILES string of the molecule is CNc1ncnc(NC2CCOc3ccccc32)c1Br. The molecule has 2 aromatic rings. The number of nitrogens with zero attached hydrogens (tertiary/aromatic N) is 2. The first-order valence-corrected chi connectivity index (χ1v) is 7.25. The molecule has 0 amide bonds. The van der Waals surface area contributed by atoms with Crippen molar-refractivity contribution < 1.29 is 4.74 Å². The molecule has 0 aliphatic carbocycles. The van der Waals surface area contributed by atoms with E-state index in [1.807, 2.05) is 25.2 Å². The third kappa shape index (κ3) is 2.43. The highest BCUT2D eigenvalue weighted by molar-refractivity contribution is 9.10. The Kier molecular flexibility index (Phi) is 3.73. The van der Waals surface area contributed by atoms with Crippen LogP contribution in [-0.4, -0.2) is 23.6 Å². The zero-order valence-corrected chi connectivity index (χ0v) is 12.6. The molecule has 0 saturated carbocycles. The van der Waals surface area contributed by atoms with Gasteiger partial charge in [0.1, 0.15) is 28.2 Å². The topological polar surface area (TPSA) is 59.1 Å². The maximum absolute atomic E-state index is 5.67. The Morgan fingerprint density at radius 2 is 2.05 bits per heavy atom. The molecule has 3 rings (SSSR count). The second-order valence-corrected chi connectivity index (χ2v) is 5.30. The minimum Gasteiger partial charge on any atom is -0.493 e. The second kappa shape index (κ2) is 5.66. The molecule has 104 valence electrons. The number of benzene rings is 1. The van der Waals surface area contributed by atoms with E-state index in [2.05, 4.69) is 42.6 Å². The van der Waals surface area contributed by atoms with Crippen LogP contribution in [0.1, 0.15) is 18.0 Å². The molecule has 0 radical (unpaired) electrons. The summed E-state index contributed by atoms with van der Waals surface area (Å²) >= 11 is 3.53. The van der Waals surface area contributed by atoms with E-state index in [0.717, 1.165) is 33.8 Å². The molecular weight excluding hydrogens is 320 g/mol. The number of aromatic nitrogens is 2. The van der Waals surface area contributed by atoms with E-state index in [9.17, 15) is 0 Å². The predicted molar refractivity (Wildman–Crippen MR) is 82.2 cm³/mol. The summed E-state index contributed by atoms with van der Waals surface area (Å²) in [7, 11) is 1.83. The summed E-state index contributed by atoms with van der Waals surface area (Å²) in [6.45, 7) is 0.705. The molecule has 0 bridgehead atoms. The summed E-state index contributed by atoms with van der Waals surface area (Å²) in [6.07, 6.45) is 2.45. The minimum atomic E-state index is 0.191. The molecule has 5 nitrogen and oxygen atoms in total. The molecule has 6 heteroatoms. The largest absolute Gasteiger partial charge is 0.493 e. The summed E-state index contributed by atoms with van der Waals surface area (Å²) in [5.41, 5.74) is 1.16. The molecule has 1 atom stereocenters. The number of anilines is 2. The molecule has 1 aliphatic rings. The first-order valence-electron chi connectivity index (χ1n) is 6.46. The Bertz CT molecular complexity index is 620. The average Bonchev–Trinajstić information content (AvgIpc) is 2.50. The fourth-order valence-corrected chi connectivity index (χ4v) is 2.82. The molecule has 0 saturated heterocycles. The highest BCUT2D eigenvalue weighted by Gasteiger charge is 2.22. The van der Waals surface area contributed by atoms with Gasteiger partial charge in [-0.1, -0.05) is 18.2 Å². The van der Waals surface area contributed by atoms with Crippen LogP contribution >= 0.6 is 15.9 Å². The van der Waals surface area contributed by atoms with Crippen LogP contribution in [0.3, 0.4) is 0 Å². The minimum absolute atomic E-state index is 0.191. The standard InChI is InChI=1S/C14H15BrN4O/c1-16-13-12(15)14(18-8-17-13)19-10-6-7-20-11-5-3-2-4-9(10)11/h2-5,8,10H,6-7H2,1H3,(H2,16,17,18,19). The normalized spacial score (nSPS) is 17.0. The molecule has 0 fully saturated rings. The van der Waals surface area contributed by atoms with Crippen LogP contribution in [0.25, 0.3) is 0 Å². The van der Waals surface area contributed by atoms with Crippen LogP contribution in [0.2, 0.25) is 0 Å². The zero-order valence-electron chi connectivity index (χ0n) is 11.1. The molecule has 20 heavy (non-hydrogen) atoms. The van der Waals surface area contributed by atoms with E-state index in [-0.39, 0.29) is 6.04 Å². The van der Waals surface area contributed by atoms with Crippen LogP contribution in [0.5, 0.6) is 5.75 Å². The molecule has 1 aliphatic heterocycles. The van der Waals surface area contributed by atoms with E-state index in [1.165, 1.54) is 0 Å². The lowest BCUT2D eigenvalue weighted by atomic mass is 10.0. The molecule has 1 unspecified atom stereocenters. The molecule has 1 aromatic heterocycles. The van der Waals surface area contributed by atoms with Gasteiger partial charge in [0.15, 0.2) is 0 Å². The van der Waals surface area contributed by atoms with Crippen molar-refractivity contribution in [1.82, 2.24) is 9.97 Å². The van der Waals surface area contributed by atoms with Gasteiger partial charge in [-0.25, -0.2) is 9.97 Å². The highest BCUT2D eigenvalue weighted by Crippen LogP contribution is 2.36. The van der Waals surface area contributed by atoms with E-state index >= 15 is 0 Å². The van der Waals surface area contributed by atoms with Crippen LogP contribution in [-0.2, 0) is 0 Å². The van der Waals surface area contributed by atoms with Gasteiger partial charge in [0.2, 0.25) is 0 Å². The van der Waals surface area contributed by atoms with Crippen molar-refractivity contribution in [2.45, 2.75) is 12.5 Å². The fraction of sp³-hybridized carbons (Fsp3) is 0.286. The Labute approximate surface area is 125 Å². The maximum Gasteiger partial charge on any atom is 0.146 e. The van der Waals surface area contributed by atoms with Gasteiger partial charge in [-0.15, -0.1) is 0 Å². The third-order valence-corrected chi connectivity index (χ3v) is 4.05. The van der Waals surface area contributed by atoms with Gasteiger partial charge >= 0.3 is 0 Å². The van der Waals surface area contributed by atoms with Gasteiger partial charge in [0, 0.05) is 19.0 Å². The van der Waals surface area contributed by atoms with Crippen molar-refractivity contribution in [3.05, 3.63) is 40.6 Å². The summed E-state index contributed by atoms with van der Waals surface area (Å²) in [5, 5.41) is 6.49. The number of fused-ring (bicyclic) bond motifs is 1. The number of hydrogen-bond acceptors (Lipinski definition) is 5. The van der Waals surface area contributed by atoms with Crippen molar-refractivity contribution in [2.24, 2.45) is 0 Å². The van der Waals surface area contributed by atoms with E-state index in [1.54, 1.807) is 6.33 Å². The number of nitrogens with one attached hydrogen (secondary N) is 2. The van der Waals surface area contributed by atoms with Gasteiger partial charge in [0.05, 0.1) is 12.6 Å². The first kappa shape index (κ1) is 13.2. The Balaban J connectivity index is 1.90. The van der Waals surface area contributed by atoms with Crippen molar-refractivity contribution in [1.29, 1.82) is 0 Å². The van der Waals surface area contributed by atoms with Crippen molar-refractivity contribution in [2.75, 3.05) is 24.3 Å². The van der Waals surface area contributed by atoms with Crippen LogP contribution in [0, 0.1) is 0 Å². The lowest BCUT2D eigenvalue weighted by Gasteiger charge is -2.27. The van der Waals surface area contributed by atoms with E-state index in [4.69, 9.17) is 4.74 Å². The summed E-state index contributed by atoms with van der Waals surface area (Å²) < 4.78 is 6.51. The number of hydrogen-bond donors (Lipinski definition) is 2. The fourth-order valence-electron chi connectivity index (χ4n) is 2.30. The van der Waals surface area contributed by atoms with E-state index in [0.29, 0.717) is 6.61 Å². The van der Waals surface area contributed by atoms with Crippen LogP contribution in [0.15, 0.2) is 35.1 Å². The number of halogens is 1. The summed E-state index contributed by atoms with van der Waals surface area (Å²) in [6, 6.07) is 8.28. The molecule has 0 spiro atoms. The Morgan fingerprint density at radius 1 is 1.25 bits per heavy atom. The smallest absolute Gasteiger partial charge is 0.146 e. The summed E-state index contributed by atoms with van der Waals surface area (Å²) in [5.74, 6) is 2.49. The third-order valence-electron chi connectivity index (χ3n) is 3.30. The van der Waals surface area contributed by atoms with Gasteiger partial charge in [0.25, 0.3) is 0 Å². The second-order valence-electron chi connectivity index (χ2n) is 4.51. The van der Waals surface area contributed by atoms with E-state index < -0.39 is 0 Å². The number of para-hydroxylation sites is 1. The lowest BCUT2D eigenvalue weighted by molar-refractivity contribution is 0.274. The van der Waals surface area contributed by atoms with Gasteiger partial charge < -0.3 is 15.4 Å². The summed E-state index contributed by atoms with van der Waals surface area (Å²) in [4.78, 5) is 8.47. The lowest BCUT2D eigenvalue weighted by Crippen LogP contribution is -2.21. The molecule has 2 heterocycles. The number of ether oxygens (including phenoxy) is 1. The van der Waals surface area contributed by atoms with Crippen LogP contribution < -0.4 is 15.4 Å². The highest BCUT2D eigenvalue weighted by atomic mass is 79.9. The molecule has 1 aromatic carbocycles. The first-order chi connectivity index (χ1) is 9.79. The van der Waals surface area contributed by atoms with Crippen molar-refractivity contribution in [3.8, 4) is 5.75 Å². The average molecular weight is 335 g/mol. The monoisotopic (exact) mass is 334 g/mol. The predicted octanol–water partition coefficient (Wildman–Crippen LogP) is 3.22. The van der Waals surface area contributed by atoms with Gasteiger partial charge in [-0.05, 0) is 22.0 Å². The zero-order chi connectivity index (χ0) is 13.9. The maximum atomic E-state index is 5.67. The Hall–Kier alpha value is -1.82. The van der Waals surface area contributed by atoms with Crippen molar-refractivity contribution >= 4 is 27.6 Å². The van der Waals surface area contributed by atoms with Gasteiger partial charge in [-0.3, -0.25) is 0 Å². The van der Waals surface area contributed by atoms with Gasteiger partial charge in [-0.2, -0.15) is 0 Å². The number of rotatable bonds is 3. The quantitative estimate of drug-likeness (QED) is 0.902.